The lowest BCUT2D eigenvalue weighted by Gasteiger charge is -2.24. The zero-order valence-electron chi connectivity index (χ0n) is 10.6. The Labute approximate surface area is 104 Å². The van der Waals surface area contributed by atoms with Gasteiger partial charge in [-0.05, 0) is 43.0 Å². The standard InChI is InChI=1S/C14H22ClN/c1-4-8-16(9-5-2)14-7-6-13(11-15)12(3)10-14/h6-7,10H,4-5,8-9,11H2,1-3H3. The van der Waals surface area contributed by atoms with Gasteiger partial charge in [-0.25, -0.2) is 0 Å². The van der Waals surface area contributed by atoms with Gasteiger partial charge in [-0.3, -0.25) is 0 Å². The van der Waals surface area contributed by atoms with E-state index in [0.29, 0.717) is 5.88 Å². The first-order chi connectivity index (χ1) is 7.72. The Kier molecular flexibility index (Phi) is 5.68. The molecule has 0 aliphatic carbocycles. The second-order valence-corrected chi connectivity index (χ2v) is 4.50. The zero-order chi connectivity index (χ0) is 12.0. The van der Waals surface area contributed by atoms with Gasteiger partial charge in [0.05, 0.1) is 0 Å². The molecule has 1 rings (SSSR count). The monoisotopic (exact) mass is 239 g/mol. The molecule has 0 saturated carbocycles. The Morgan fingerprint density at radius 1 is 1.12 bits per heavy atom. The highest BCUT2D eigenvalue weighted by molar-refractivity contribution is 6.17. The minimum atomic E-state index is 0.605. The van der Waals surface area contributed by atoms with Crippen LogP contribution in [0, 0.1) is 6.92 Å². The van der Waals surface area contributed by atoms with Crippen molar-refractivity contribution in [1.82, 2.24) is 0 Å². The number of hydrogen-bond acceptors (Lipinski definition) is 1. The number of alkyl halides is 1. The van der Waals surface area contributed by atoms with E-state index in [1.54, 1.807) is 0 Å². The number of rotatable bonds is 6. The van der Waals surface area contributed by atoms with Crippen LogP contribution < -0.4 is 4.90 Å². The summed E-state index contributed by atoms with van der Waals surface area (Å²) in [5, 5.41) is 0. The van der Waals surface area contributed by atoms with Crippen LogP contribution in [0.3, 0.4) is 0 Å². The first-order valence-electron chi connectivity index (χ1n) is 6.13. The van der Waals surface area contributed by atoms with Gasteiger partial charge in [0.15, 0.2) is 0 Å². The summed E-state index contributed by atoms with van der Waals surface area (Å²) in [4.78, 5) is 2.45. The Morgan fingerprint density at radius 2 is 1.75 bits per heavy atom. The topological polar surface area (TPSA) is 3.24 Å². The van der Waals surface area contributed by atoms with Crippen molar-refractivity contribution in [3.8, 4) is 0 Å². The molecule has 90 valence electrons. The van der Waals surface area contributed by atoms with Crippen molar-refractivity contribution >= 4 is 17.3 Å². The molecule has 0 aromatic heterocycles. The first-order valence-corrected chi connectivity index (χ1v) is 6.66. The van der Waals surface area contributed by atoms with Gasteiger partial charge in [0, 0.05) is 24.7 Å². The molecular weight excluding hydrogens is 218 g/mol. The van der Waals surface area contributed by atoms with E-state index in [2.05, 4.69) is 43.9 Å². The molecule has 0 saturated heterocycles. The molecular formula is C14H22ClN. The van der Waals surface area contributed by atoms with Crippen LogP contribution in [0.25, 0.3) is 0 Å². The van der Waals surface area contributed by atoms with E-state index in [1.807, 2.05) is 0 Å². The van der Waals surface area contributed by atoms with E-state index in [-0.39, 0.29) is 0 Å². The number of nitrogens with zero attached hydrogens (tertiary/aromatic N) is 1. The fourth-order valence-corrected chi connectivity index (χ4v) is 2.24. The highest BCUT2D eigenvalue weighted by Crippen LogP contribution is 2.20. The summed E-state index contributed by atoms with van der Waals surface area (Å²) in [5.74, 6) is 0.605. The van der Waals surface area contributed by atoms with Gasteiger partial charge >= 0.3 is 0 Å². The molecule has 0 radical (unpaired) electrons. The molecule has 1 aromatic rings. The van der Waals surface area contributed by atoms with Gasteiger partial charge in [-0.15, -0.1) is 11.6 Å². The van der Waals surface area contributed by atoms with Gasteiger partial charge in [0.1, 0.15) is 0 Å². The molecule has 1 nitrogen and oxygen atoms in total. The number of benzene rings is 1. The Hall–Kier alpha value is -0.690. The SMILES string of the molecule is CCCN(CCC)c1ccc(CCl)c(C)c1. The molecule has 0 amide bonds. The summed E-state index contributed by atoms with van der Waals surface area (Å²) in [5.41, 5.74) is 3.86. The lowest BCUT2D eigenvalue weighted by molar-refractivity contribution is 0.744. The minimum Gasteiger partial charge on any atom is -0.372 e. The molecule has 0 unspecified atom stereocenters. The molecule has 0 N–H and O–H groups in total. The smallest absolute Gasteiger partial charge is 0.0476 e. The van der Waals surface area contributed by atoms with Gasteiger partial charge in [0.25, 0.3) is 0 Å². The molecule has 1 aromatic carbocycles. The van der Waals surface area contributed by atoms with E-state index in [9.17, 15) is 0 Å². The summed E-state index contributed by atoms with van der Waals surface area (Å²) in [6.07, 6.45) is 2.38. The van der Waals surface area contributed by atoms with Crippen molar-refractivity contribution in [2.45, 2.75) is 39.5 Å². The predicted molar refractivity (Wildman–Crippen MR) is 73.5 cm³/mol. The van der Waals surface area contributed by atoms with E-state index in [4.69, 9.17) is 11.6 Å². The summed E-state index contributed by atoms with van der Waals surface area (Å²) >= 11 is 5.87. The average Bonchev–Trinajstić information content (AvgIpc) is 2.28. The minimum absolute atomic E-state index is 0.605. The maximum Gasteiger partial charge on any atom is 0.0476 e. The fraction of sp³-hybridized carbons (Fsp3) is 0.571. The van der Waals surface area contributed by atoms with Crippen molar-refractivity contribution in [3.63, 3.8) is 0 Å². The van der Waals surface area contributed by atoms with Crippen LogP contribution in [-0.4, -0.2) is 13.1 Å². The van der Waals surface area contributed by atoms with Gasteiger partial charge in [-0.2, -0.15) is 0 Å². The molecule has 0 aliphatic rings. The van der Waals surface area contributed by atoms with E-state index >= 15 is 0 Å². The third-order valence-electron chi connectivity index (χ3n) is 2.82. The van der Waals surface area contributed by atoms with Crippen LogP contribution in [0.5, 0.6) is 0 Å². The summed E-state index contributed by atoms with van der Waals surface area (Å²) in [6.45, 7) is 8.85. The van der Waals surface area contributed by atoms with Crippen LogP contribution in [0.4, 0.5) is 5.69 Å². The summed E-state index contributed by atoms with van der Waals surface area (Å²) in [7, 11) is 0. The lowest BCUT2D eigenvalue weighted by atomic mass is 10.1. The molecule has 2 heteroatoms. The molecule has 0 bridgehead atoms. The second-order valence-electron chi connectivity index (χ2n) is 4.23. The molecule has 0 aliphatic heterocycles. The molecule has 16 heavy (non-hydrogen) atoms. The fourth-order valence-electron chi connectivity index (χ4n) is 1.94. The van der Waals surface area contributed by atoms with Gasteiger partial charge in [-0.1, -0.05) is 19.9 Å². The molecule has 0 spiro atoms. The summed E-state index contributed by atoms with van der Waals surface area (Å²) in [6, 6.07) is 6.59. The van der Waals surface area contributed by atoms with E-state index in [0.717, 1.165) is 13.1 Å². The second kappa shape index (κ2) is 6.80. The van der Waals surface area contributed by atoms with Crippen LogP contribution >= 0.6 is 11.6 Å². The Bertz CT molecular complexity index is 317. The van der Waals surface area contributed by atoms with Crippen molar-refractivity contribution in [2.75, 3.05) is 18.0 Å². The maximum absolute atomic E-state index is 5.87. The average molecular weight is 240 g/mol. The highest BCUT2D eigenvalue weighted by atomic mass is 35.5. The lowest BCUT2D eigenvalue weighted by Crippen LogP contribution is -2.24. The zero-order valence-corrected chi connectivity index (χ0v) is 11.3. The van der Waals surface area contributed by atoms with E-state index < -0.39 is 0 Å². The quantitative estimate of drug-likeness (QED) is 0.667. The van der Waals surface area contributed by atoms with Gasteiger partial charge < -0.3 is 4.90 Å². The van der Waals surface area contributed by atoms with Crippen molar-refractivity contribution in [2.24, 2.45) is 0 Å². The largest absolute Gasteiger partial charge is 0.372 e. The van der Waals surface area contributed by atoms with Gasteiger partial charge in [0.2, 0.25) is 0 Å². The van der Waals surface area contributed by atoms with Crippen LogP contribution in [-0.2, 0) is 5.88 Å². The molecule has 0 atom stereocenters. The number of anilines is 1. The first kappa shape index (κ1) is 13.4. The van der Waals surface area contributed by atoms with Crippen LogP contribution in [0.15, 0.2) is 18.2 Å². The van der Waals surface area contributed by atoms with Crippen molar-refractivity contribution in [3.05, 3.63) is 29.3 Å². The van der Waals surface area contributed by atoms with Crippen LogP contribution in [0.2, 0.25) is 0 Å². The van der Waals surface area contributed by atoms with E-state index in [1.165, 1.54) is 29.7 Å². The molecule has 0 fully saturated rings. The number of halogens is 1. The van der Waals surface area contributed by atoms with Crippen molar-refractivity contribution < 1.29 is 0 Å². The van der Waals surface area contributed by atoms with Crippen LogP contribution in [0.1, 0.15) is 37.8 Å². The Balaban J connectivity index is 2.87. The maximum atomic E-state index is 5.87. The predicted octanol–water partition coefficient (Wildman–Crippen LogP) is 4.36. The highest BCUT2D eigenvalue weighted by Gasteiger charge is 2.06. The molecule has 0 heterocycles. The normalized spacial score (nSPS) is 10.5. The Morgan fingerprint density at radius 3 is 2.19 bits per heavy atom. The van der Waals surface area contributed by atoms with Crippen molar-refractivity contribution in [1.29, 1.82) is 0 Å². The third-order valence-corrected chi connectivity index (χ3v) is 3.11. The third kappa shape index (κ3) is 3.41. The number of hydrogen-bond donors (Lipinski definition) is 0. The summed E-state index contributed by atoms with van der Waals surface area (Å²) < 4.78 is 0. The number of aryl methyl sites for hydroxylation is 1.